The van der Waals surface area contributed by atoms with Crippen molar-refractivity contribution in [3.8, 4) is 6.07 Å². The Hall–Kier alpha value is -1.32. The molecule has 0 amide bonds. The van der Waals surface area contributed by atoms with Gasteiger partial charge in [0.1, 0.15) is 11.0 Å². The monoisotopic (exact) mass is 429 g/mol. The molecule has 0 atom stereocenters. The Morgan fingerprint density at radius 3 is 2.39 bits per heavy atom. The van der Waals surface area contributed by atoms with E-state index in [2.05, 4.69) is 15.9 Å². The molecule has 0 N–H and O–H groups in total. The van der Waals surface area contributed by atoms with Crippen LogP contribution in [0.3, 0.4) is 0 Å². The zero-order chi connectivity index (χ0) is 17.0. The van der Waals surface area contributed by atoms with Crippen molar-refractivity contribution in [3.05, 3.63) is 73.0 Å². The van der Waals surface area contributed by atoms with Gasteiger partial charge in [0.25, 0.3) is 0 Å². The minimum absolute atomic E-state index is 0.252. The number of hydrogen-bond acceptors (Lipinski definition) is 3. The van der Waals surface area contributed by atoms with Crippen molar-refractivity contribution in [2.24, 2.45) is 0 Å². The van der Waals surface area contributed by atoms with Gasteiger partial charge in [0, 0.05) is 14.5 Å². The lowest BCUT2D eigenvalue weighted by atomic mass is 10.2. The Morgan fingerprint density at radius 1 is 1.17 bits per heavy atom. The molecule has 2 aromatic rings. The Kier molecular flexibility index (Phi) is 5.88. The van der Waals surface area contributed by atoms with Crippen LogP contribution >= 0.6 is 39.1 Å². The van der Waals surface area contributed by atoms with Crippen LogP contribution in [0, 0.1) is 11.3 Å². The van der Waals surface area contributed by atoms with E-state index in [1.54, 1.807) is 36.4 Å². The lowest BCUT2D eigenvalue weighted by molar-refractivity contribution is 0.602. The maximum atomic E-state index is 12.4. The van der Waals surface area contributed by atoms with Gasteiger partial charge in [-0.05, 0) is 41.5 Å². The van der Waals surface area contributed by atoms with E-state index >= 15 is 0 Å². The van der Waals surface area contributed by atoms with E-state index in [1.165, 1.54) is 18.2 Å². The van der Waals surface area contributed by atoms with Gasteiger partial charge in [-0.1, -0.05) is 57.3 Å². The molecule has 0 bridgehead atoms. The molecular weight excluding hydrogens is 421 g/mol. The van der Waals surface area contributed by atoms with Crippen LogP contribution < -0.4 is 0 Å². The Bertz CT molecular complexity index is 901. The fraction of sp³-hybridized carbons (Fsp3) is 0.0625. The smallest absolute Gasteiger partial charge is 0.192 e. The zero-order valence-electron chi connectivity index (χ0n) is 11.6. The summed E-state index contributed by atoms with van der Waals surface area (Å²) in [7, 11) is -3.81. The molecule has 0 saturated heterocycles. The van der Waals surface area contributed by atoms with Crippen LogP contribution in [-0.4, -0.2) is 8.42 Å². The quantitative estimate of drug-likeness (QED) is 0.623. The highest BCUT2D eigenvalue weighted by Gasteiger charge is 2.20. The molecule has 0 heterocycles. The topological polar surface area (TPSA) is 57.9 Å². The molecule has 0 aliphatic rings. The van der Waals surface area contributed by atoms with Gasteiger partial charge in [-0.25, -0.2) is 8.42 Å². The third kappa shape index (κ3) is 4.82. The van der Waals surface area contributed by atoms with Gasteiger partial charge in [0.05, 0.1) is 5.75 Å². The molecule has 0 radical (unpaired) electrons. The molecule has 2 aromatic carbocycles. The summed E-state index contributed by atoms with van der Waals surface area (Å²) in [6.07, 6.45) is 1.34. The van der Waals surface area contributed by atoms with Crippen LogP contribution in [0.15, 0.2) is 51.8 Å². The van der Waals surface area contributed by atoms with E-state index in [1.807, 2.05) is 0 Å². The van der Waals surface area contributed by atoms with Crippen molar-refractivity contribution in [2.75, 3.05) is 0 Å². The fourth-order valence-corrected chi connectivity index (χ4v) is 3.91. The molecule has 0 spiro atoms. The molecule has 0 saturated carbocycles. The molecule has 0 aromatic heterocycles. The molecular formula is C16H10BrCl2NO2S. The van der Waals surface area contributed by atoms with Crippen molar-refractivity contribution in [2.45, 2.75) is 5.75 Å². The standard InChI is InChI=1S/C16H10BrCl2NO2S/c17-13-4-1-11(2-5-13)7-15(9-20)23(21,22)10-12-3-6-14(18)8-16(12)19/h1-8H,10H2/b15-7-. The largest absolute Gasteiger partial charge is 0.223 e. The van der Waals surface area contributed by atoms with E-state index in [0.717, 1.165) is 4.47 Å². The zero-order valence-corrected chi connectivity index (χ0v) is 15.5. The van der Waals surface area contributed by atoms with Crippen LogP contribution in [0.25, 0.3) is 6.08 Å². The van der Waals surface area contributed by atoms with Crippen molar-refractivity contribution in [3.63, 3.8) is 0 Å². The molecule has 3 nitrogen and oxygen atoms in total. The molecule has 118 valence electrons. The summed E-state index contributed by atoms with van der Waals surface area (Å²) >= 11 is 15.1. The number of sulfone groups is 1. The molecule has 7 heteroatoms. The van der Waals surface area contributed by atoms with E-state index in [9.17, 15) is 13.7 Å². The molecule has 0 unspecified atom stereocenters. The highest BCUT2D eigenvalue weighted by molar-refractivity contribution is 9.10. The molecule has 0 fully saturated rings. The second-order valence-electron chi connectivity index (χ2n) is 4.67. The predicted octanol–water partition coefficient (Wildman–Crippen LogP) is 5.24. The van der Waals surface area contributed by atoms with Gasteiger partial charge >= 0.3 is 0 Å². The number of rotatable bonds is 4. The highest BCUT2D eigenvalue weighted by atomic mass is 79.9. The Labute approximate surface area is 153 Å². The van der Waals surface area contributed by atoms with Crippen molar-refractivity contribution in [1.29, 1.82) is 5.26 Å². The molecule has 0 aliphatic heterocycles. The Balaban J connectivity index is 2.36. The van der Waals surface area contributed by atoms with Crippen LogP contribution in [0.4, 0.5) is 0 Å². The first-order chi connectivity index (χ1) is 10.8. The normalized spacial score (nSPS) is 12.0. The second-order valence-corrected chi connectivity index (χ2v) is 8.38. The SMILES string of the molecule is N#C/C(=C/c1ccc(Br)cc1)S(=O)(=O)Cc1ccc(Cl)cc1Cl. The second kappa shape index (κ2) is 7.50. The van der Waals surface area contributed by atoms with Crippen LogP contribution in [0.2, 0.25) is 10.0 Å². The third-order valence-electron chi connectivity index (χ3n) is 2.97. The predicted molar refractivity (Wildman–Crippen MR) is 96.8 cm³/mol. The third-order valence-corrected chi connectivity index (χ3v) is 5.66. The van der Waals surface area contributed by atoms with E-state index in [-0.39, 0.29) is 15.7 Å². The fourth-order valence-electron chi connectivity index (χ4n) is 1.82. The summed E-state index contributed by atoms with van der Waals surface area (Å²) in [5.41, 5.74) is 1.02. The maximum absolute atomic E-state index is 12.4. The molecule has 2 rings (SSSR count). The minimum atomic E-state index is -3.81. The maximum Gasteiger partial charge on any atom is 0.192 e. The number of benzene rings is 2. The van der Waals surface area contributed by atoms with Crippen LogP contribution in [-0.2, 0) is 15.6 Å². The van der Waals surface area contributed by atoms with Crippen molar-refractivity contribution in [1.82, 2.24) is 0 Å². The lowest BCUT2D eigenvalue weighted by Gasteiger charge is -2.06. The lowest BCUT2D eigenvalue weighted by Crippen LogP contribution is -2.07. The number of nitriles is 1. The number of allylic oxidation sites excluding steroid dienone is 1. The van der Waals surface area contributed by atoms with Gasteiger partial charge in [-0.15, -0.1) is 0 Å². The van der Waals surface area contributed by atoms with Gasteiger partial charge < -0.3 is 0 Å². The first kappa shape index (κ1) is 18.0. The van der Waals surface area contributed by atoms with Gasteiger partial charge in [0.15, 0.2) is 9.84 Å². The van der Waals surface area contributed by atoms with Gasteiger partial charge in [0.2, 0.25) is 0 Å². The molecule has 0 aliphatic carbocycles. The summed E-state index contributed by atoms with van der Waals surface area (Å²) in [6.45, 7) is 0. The highest BCUT2D eigenvalue weighted by Crippen LogP contribution is 2.25. The summed E-state index contributed by atoms with van der Waals surface area (Å²) in [5.74, 6) is -0.362. The molecule has 23 heavy (non-hydrogen) atoms. The van der Waals surface area contributed by atoms with E-state index in [0.29, 0.717) is 16.1 Å². The van der Waals surface area contributed by atoms with Gasteiger partial charge in [-0.2, -0.15) is 5.26 Å². The average molecular weight is 431 g/mol. The first-order valence-corrected chi connectivity index (χ1v) is 9.56. The average Bonchev–Trinajstić information content (AvgIpc) is 2.49. The Morgan fingerprint density at radius 2 is 1.83 bits per heavy atom. The van der Waals surface area contributed by atoms with E-state index in [4.69, 9.17) is 23.2 Å². The minimum Gasteiger partial charge on any atom is -0.223 e. The van der Waals surface area contributed by atoms with Gasteiger partial charge in [-0.3, -0.25) is 0 Å². The number of hydrogen-bond donors (Lipinski definition) is 0. The summed E-state index contributed by atoms with van der Waals surface area (Å²) in [6, 6.07) is 13.3. The van der Waals surface area contributed by atoms with Crippen LogP contribution in [0.5, 0.6) is 0 Å². The van der Waals surface area contributed by atoms with Crippen molar-refractivity contribution >= 4 is 55.0 Å². The summed E-state index contributed by atoms with van der Waals surface area (Å²) < 4.78 is 25.8. The first-order valence-electron chi connectivity index (χ1n) is 6.36. The summed E-state index contributed by atoms with van der Waals surface area (Å²) in [5, 5.41) is 9.88. The van der Waals surface area contributed by atoms with Crippen LogP contribution in [0.1, 0.15) is 11.1 Å². The van der Waals surface area contributed by atoms with Crippen molar-refractivity contribution < 1.29 is 8.42 Å². The number of nitrogens with zero attached hydrogens (tertiary/aromatic N) is 1. The number of halogens is 3. The summed E-state index contributed by atoms with van der Waals surface area (Å²) in [4.78, 5) is -0.314. The van der Waals surface area contributed by atoms with E-state index < -0.39 is 9.84 Å².